The molecule has 29 heavy (non-hydrogen) atoms. The van der Waals surface area contributed by atoms with Crippen LogP contribution in [-0.2, 0) is 6.54 Å². The topological polar surface area (TPSA) is 87.0 Å². The Morgan fingerprint density at radius 1 is 0.966 bits per heavy atom. The summed E-state index contributed by atoms with van der Waals surface area (Å²) in [6.07, 6.45) is 4.36. The molecule has 4 aromatic rings. The van der Waals surface area contributed by atoms with E-state index in [9.17, 15) is 0 Å². The Kier molecular flexibility index (Phi) is 5.51. The first-order chi connectivity index (χ1) is 14.3. The highest BCUT2D eigenvalue weighted by Gasteiger charge is 2.15. The second kappa shape index (κ2) is 8.55. The number of aryl methyl sites for hydroxylation is 1. The van der Waals surface area contributed by atoms with E-state index in [0.717, 1.165) is 29.4 Å². The highest BCUT2D eigenvalue weighted by Crippen LogP contribution is 2.36. The van der Waals surface area contributed by atoms with Crippen molar-refractivity contribution in [3.63, 3.8) is 0 Å². The van der Waals surface area contributed by atoms with Gasteiger partial charge in [-0.3, -0.25) is 4.68 Å². The van der Waals surface area contributed by atoms with Crippen LogP contribution >= 0.6 is 0 Å². The number of ether oxygens (including phenoxy) is 2. The van der Waals surface area contributed by atoms with Crippen LogP contribution in [0.3, 0.4) is 0 Å². The van der Waals surface area contributed by atoms with Crippen molar-refractivity contribution in [3.05, 3.63) is 54.9 Å². The summed E-state index contributed by atoms with van der Waals surface area (Å²) in [6.45, 7) is 1.50. The van der Waals surface area contributed by atoms with Gasteiger partial charge in [0.2, 0.25) is 5.95 Å². The van der Waals surface area contributed by atoms with Gasteiger partial charge in [0.1, 0.15) is 17.2 Å². The van der Waals surface area contributed by atoms with Gasteiger partial charge in [0.15, 0.2) is 0 Å². The van der Waals surface area contributed by atoms with Crippen LogP contribution in [0.25, 0.3) is 22.2 Å². The maximum atomic E-state index is 5.46. The molecule has 8 heteroatoms. The van der Waals surface area contributed by atoms with Crippen molar-refractivity contribution >= 4 is 16.9 Å². The van der Waals surface area contributed by atoms with Crippen LogP contribution in [0.5, 0.6) is 11.5 Å². The van der Waals surface area contributed by atoms with Crippen LogP contribution in [0, 0.1) is 0 Å². The van der Waals surface area contributed by atoms with Gasteiger partial charge in [0, 0.05) is 18.5 Å². The molecule has 0 amide bonds. The van der Waals surface area contributed by atoms with E-state index >= 15 is 0 Å². The number of para-hydroxylation sites is 1. The molecule has 8 nitrogen and oxygen atoms in total. The Hall–Kier alpha value is -3.68. The monoisotopic (exact) mass is 390 g/mol. The van der Waals surface area contributed by atoms with E-state index in [4.69, 9.17) is 9.47 Å². The second-order valence-corrected chi connectivity index (χ2v) is 6.41. The summed E-state index contributed by atoms with van der Waals surface area (Å²) in [5.74, 6) is 1.79. The smallest absolute Gasteiger partial charge is 0.243 e. The highest BCUT2D eigenvalue weighted by molar-refractivity contribution is 5.78. The third-order valence-electron chi connectivity index (χ3n) is 4.62. The summed E-state index contributed by atoms with van der Waals surface area (Å²) in [5, 5.41) is 17.0. The van der Waals surface area contributed by atoms with Crippen LogP contribution < -0.4 is 14.8 Å². The molecule has 0 aliphatic rings. The fourth-order valence-electron chi connectivity index (χ4n) is 3.24. The van der Waals surface area contributed by atoms with E-state index in [2.05, 4.69) is 37.7 Å². The van der Waals surface area contributed by atoms with Crippen molar-refractivity contribution in [1.82, 2.24) is 25.0 Å². The summed E-state index contributed by atoms with van der Waals surface area (Å²) < 4.78 is 12.9. The summed E-state index contributed by atoms with van der Waals surface area (Å²) >= 11 is 0. The molecule has 0 saturated carbocycles. The van der Waals surface area contributed by atoms with Crippen molar-refractivity contribution in [2.75, 3.05) is 26.1 Å². The molecule has 0 aliphatic heterocycles. The lowest BCUT2D eigenvalue weighted by Crippen LogP contribution is -2.10. The van der Waals surface area contributed by atoms with Gasteiger partial charge in [-0.25, -0.2) is 4.98 Å². The fraction of sp³-hybridized carbons (Fsp3) is 0.238. The van der Waals surface area contributed by atoms with Gasteiger partial charge in [-0.2, -0.15) is 10.2 Å². The summed E-state index contributed by atoms with van der Waals surface area (Å²) in [7, 11) is 3.23. The van der Waals surface area contributed by atoms with Gasteiger partial charge in [-0.1, -0.05) is 24.3 Å². The number of benzene rings is 2. The SMILES string of the molecule is COc1cccc(OC)c1-c1cnnc(NCCCn2ncc3ccccc32)n1. The number of rotatable bonds is 8. The number of aromatic nitrogens is 5. The van der Waals surface area contributed by atoms with Gasteiger partial charge < -0.3 is 14.8 Å². The lowest BCUT2D eigenvalue weighted by atomic mass is 10.1. The largest absolute Gasteiger partial charge is 0.496 e. The molecule has 4 rings (SSSR count). The van der Waals surface area contributed by atoms with E-state index in [0.29, 0.717) is 29.7 Å². The highest BCUT2D eigenvalue weighted by atomic mass is 16.5. The molecule has 0 aliphatic carbocycles. The molecule has 2 aromatic carbocycles. The van der Waals surface area contributed by atoms with E-state index in [1.54, 1.807) is 20.4 Å². The standard InChI is InChI=1S/C21H22N6O2/c1-28-18-9-5-10-19(29-2)20(18)16-14-23-26-21(25-16)22-11-6-12-27-17-8-4-3-7-15(17)13-24-27/h3-5,7-10,13-14H,6,11-12H2,1-2H3,(H,22,25,26). The van der Waals surface area contributed by atoms with Crippen LogP contribution in [0.15, 0.2) is 54.9 Å². The Bertz CT molecular complexity index is 1090. The predicted octanol–water partition coefficient (Wildman–Crippen LogP) is 3.41. The lowest BCUT2D eigenvalue weighted by Gasteiger charge is -2.12. The summed E-state index contributed by atoms with van der Waals surface area (Å²) in [5.41, 5.74) is 2.52. The number of hydrogen-bond acceptors (Lipinski definition) is 7. The fourth-order valence-corrected chi connectivity index (χ4v) is 3.24. The Labute approximate surface area is 168 Å². The maximum Gasteiger partial charge on any atom is 0.243 e. The zero-order chi connectivity index (χ0) is 20.1. The lowest BCUT2D eigenvalue weighted by molar-refractivity contribution is 0.397. The first-order valence-electron chi connectivity index (χ1n) is 9.35. The van der Waals surface area contributed by atoms with E-state index in [1.807, 2.05) is 41.2 Å². The van der Waals surface area contributed by atoms with Crippen LogP contribution in [0.2, 0.25) is 0 Å². The van der Waals surface area contributed by atoms with Crippen LogP contribution in [0.1, 0.15) is 6.42 Å². The molecule has 0 bridgehead atoms. The minimum atomic E-state index is 0.459. The molecule has 148 valence electrons. The number of fused-ring (bicyclic) bond motifs is 1. The molecule has 0 atom stereocenters. The number of methoxy groups -OCH3 is 2. The molecule has 0 radical (unpaired) electrons. The van der Waals surface area contributed by atoms with Crippen LogP contribution in [0.4, 0.5) is 5.95 Å². The van der Waals surface area contributed by atoms with E-state index in [1.165, 1.54) is 0 Å². The average Bonchev–Trinajstić information content (AvgIpc) is 3.19. The Balaban J connectivity index is 1.44. The van der Waals surface area contributed by atoms with E-state index in [-0.39, 0.29) is 0 Å². The predicted molar refractivity (Wildman–Crippen MR) is 111 cm³/mol. The van der Waals surface area contributed by atoms with Crippen molar-refractivity contribution in [3.8, 4) is 22.8 Å². The van der Waals surface area contributed by atoms with Crippen molar-refractivity contribution in [2.45, 2.75) is 13.0 Å². The minimum absolute atomic E-state index is 0.459. The van der Waals surface area contributed by atoms with Gasteiger partial charge in [0.05, 0.1) is 37.7 Å². The average molecular weight is 390 g/mol. The molecule has 0 spiro atoms. The van der Waals surface area contributed by atoms with Crippen molar-refractivity contribution < 1.29 is 9.47 Å². The normalized spacial score (nSPS) is 10.8. The zero-order valence-corrected chi connectivity index (χ0v) is 16.4. The summed E-state index contributed by atoms with van der Waals surface area (Å²) in [6, 6.07) is 13.8. The van der Waals surface area contributed by atoms with Gasteiger partial charge in [-0.05, 0) is 24.6 Å². The van der Waals surface area contributed by atoms with Crippen LogP contribution in [-0.4, -0.2) is 45.7 Å². The van der Waals surface area contributed by atoms with Gasteiger partial charge in [-0.15, -0.1) is 5.10 Å². The maximum absolute atomic E-state index is 5.46. The molecular weight excluding hydrogens is 368 g/mol. The molecule has 0 fully saturated rings. The molecule has 2 aromatic heterocycles. The molecule has 1 N–H and O–H groups in total. The third-order valence-corrected chi connectivity index (χ3v) is 4.62. The van der Waals surface area contributed by atoms with E-state index < -0.39 is 0 Å². The Morgan fingerprint density at radius 2 is 1.76 bits per heavy atom. The molecule has 0 unspecified atom stereocenters. The minimum Gasteiger partial charge on any atom is -0.496 e. The van der Waals surface area contributed by atoms with Gasteiger partial charge in [0.25, 0.3) is 0 Å². The molecule has 0 saturated heterocycles. The molecule has 2 heterocycles. The second-order valence-electron chi connectivity index (χ2n) is 6.41. The molecular formula is C21H22N6O2. The quantitative estimate of drug-likeness (QED) is 0.461. The summed E-state index contributed by atoms with van der Waals surface area (Å²) in [4.78, 5) is 4.58. The first kappa shape index (κ1) is 18.7. The van der Waals surface area contributed by atoms with Crippen molar-refractivity contribution in [2.24, 2.45) is 0 Å². The number of nitrogens with zero attached hydrogens (tertiary/aromatic N) is 5. The number of nitrogens with one attached hydrogen (secondary N) is 1. The zero-order valence-electron chi connectivity index (χ0n) is 16.4. The Morgan fingerprint density at radius 3 is 2.55 bits per heavy atom. The number of anilines is 1. The van der Waals surface area contributed by atoms with Gasteiger partial charge >= 0.3 is 0 Å². The first-order valence-corrected chi connectivity index (χ1v) is 9.35. The number of hydrogen-bond donors (Lipinski definition) is 1. The van der Waals surface area contributed by atoms with Crippen molar-refractivity contribution in [1.29, 1.82) is 0 Å². The third kappa shape index (κ3) is 3.96.